The zero-order chi connectivity index (χ0) is 13.6. The lowest BCUT2D eigenvalue weighted by Gasteiger charge is -2.36. The van der Waals surface area contributed by atoms with Crippen LogP contribution in [-0.4, -0.2) is 5.11 Å². The Morgan fingerprint density at radius 3 is 2.68 bits per heavy atom. The van der Waals surface area contributed by atoms with Crippen LogP contribution in [0.4, 0.5) is 0 Å². The summed E-state index contributed by atoms with van der Waals surface area (Å²) in [6.45, 7) is 4.09. The van der Waals surface area contributed by atoms with Gasteiger partial charge in [-0.15, -0.1) is 0 Å². The van der Waals surface area contributed by atoms with Crippen molar-refractivity contribution in [3.8, 4) is 6.07 Å². The van der Waals surface area contributed by atoms with Gasteiger partial charge in [-0.05, 0) is 56.1 Å². The summed E-state index contributed by atoms with van der Waals surface area (Å²) >= 11 is 0. The Bertz CT molecular complexity index is 545. The van der Waals surface area contributed by atoms with Gasteiger partial charge in [0.1, 0.15) is 0 Å². The minimum absolute atomic E-state index is 0.387. The average Bonchev–Trinajstić information content (AvgIpc) is 2.98. The van der Waals surface area contributed by atoms with Crippen molar-refractivity contribution in [2.24, 2.45) is 17.3 Å². The van der Waals surface area contributed by atoms with E-state index in [2.05, 4.69) is 19.1 Å². The molecule has 1 N–H and O–H groups in total. The number of hydrogen-bond donors (Lipinski definition) is 1. The van der Waals surface area contributed by atoms with Gasteiger partial charge in [0.25, 0.3) is 0 Å². The van der Waals surface area contributed by atoms with Crippen molar-refractivity contribution in [2.75, 3.05) is 0 Å². The summed E-state index contributed by atoms with van der Waals surface area (Å²) in [5.74, 6) is 1.04. The molecule has 2 saturated carbocycles. The van der Waals surface area contributed by atoms with Crippen LogP contribution in [0.25, 0.3) is 0 Å². The van der Waals surface area contributed by atoms with Gasteiger partial charge in [0, 0.05) is 0 Å². The normalized spacial score (nSPS) is 34.2. The SMILES string of the molecule is Cc1ccc(C(O)C2(C#N)CC3CCC2C3)c(C)c1. The van der Waals surface area contributed by atoms with Crippen LogP contribution in [0.3, 0.4) is 0 Å². The Balaban J connectivity index is 1.99. The Morgan fingerprint density at radius 1 is 1.37 bits per heavy atom. The first-order valence-corrected chi connectivity index (χ1v) is 7.23. The van der Waals surface area contributed by atoms with E-state index < -0.39 is 11.5 Å². The average molecular weight is 255 g/mol. The first-order chi connectivity index (χ1) is 9.06. The third-order valence-corrected chi connectivity index (χ3v) is 5.31. The van der Waals surface area contributed by atoms with E-state index >= 15 is 0 Å². The Morgan fingerprint density at radius 2 is 2.16 bits per heavy atom. The van der Waals surface area contributed by atoms with Gasteiger partial charge in [0.2, 0.25) is 0 Å². The van der Waals surface area contributed by atoms with Crippen LogP contribution < -0.4 is 0 Å². The minimum Gasteiger partial charge on any atom is -0.387 e. The molecule has 0 radical (unpaired) electrons. The fraction of sp³-hybridized carbons (Fsp3) is 0.588. The number of rotatable bonds is 2. The Hall–Kier alpha value is -1.33. The number of benzene rings is 1. The second-order valence-electron chi connectivity index (χ2n) is 6.49. The Labute approximate surface area is 115 Å². The third-order valence-electron chi connectivity index (χ3n) is 5.31. The van der Waals surface area contributed by atoms with Crippen molar-refractivity contribution < 1.29 is 5.11 Å². The van der Waals surface area contributed by atoms with Crippen LogP contribution >= 0.6 is 0 Å². The molecule has 4 atom stereocenters. The van der Waals surface area contributed by atoms with E-state index in [1.165, 1.54) is 12.0 Å². The Kier molecular flexibility index (Phi) is 2.91. The highest BCUT2D eigenvalue weighted by Gasteiger charge is 2.55. The summed E-state index contributed by atoms with van der Waals surface area (Å²) in [5.41, 5.74) is 2.71. The van der Waals surface area contributed by atoms with E-state index in [0.717, 1.165) is 30.4 Å². The molecule has 2 aliphatic carbocycles. The van der Waals surface area contributed by atoms with Crippen LogP contribution in [0.15, 0.2) is 18.2 Å². The van der Waals surface area contributed by atoms with E-state index in [0.29, 0.717) is 11.8 Å². The lowest BCUT2D eigenvalue weighted by atomic mass is 9.68. The van der Waals surface area contributed by atoms with Gasteiger partial charge in [-0.25, -0.2) is 0 Å². The van der Waals surface area contributed by atoms with Crippen molar-refractivity contribution in [3.63, 3.8) is 0 Å². The first kappa shape index (κ1) is 12.7. The van der Waals surface area contributed by atoms with Crippen LogP contribution in [0, 0.1) is 42.4 Å². The maximum atomic E-state index is 10.8. The van der Waals surface area contributed by atoms with Crippen LogP contribution in [0.5, 0.6) is 0 Å². The molecular weight excluding hydrogens is 234 g/mol. The van der Waals surface area contributed by atoms with Crippen molar-refractivity contribution in [2.45, 2.75) is 45.6 Å². The predicted octanol–water partition coefficient (Wildman–Crippen LogP) is 3.67. The number of fused-ring (bicyclic) bond motifs is 2. The van der Waals surface area contributed by atoms with E-state index in [-0.39, 0.29) is 0 Å². The maximum Gasteiger partial charge on any atom is 0.0981 e. The lowest BCUT2D eigenvalue weighted by molar-refractivity contribution is 0.0229. The number of nitrogens with zero attached hydrogens (tertiary/aromatic N) is 1. The highest BCUT2D eigenvalue weighted by molar-refractivity contribution is 5.35. The molecule has 2 aliphatic rings. The molecule has 2 heteroatoms. The highest BCUT2D eigenvalue weighted by atomic mass is 16.3. The van der Waals surface area contributed by atoms with Gasteiger partial charge in [0.15, 0.2) is 0 Å². The molecule has 3 rings (SSSR count). The summed E-state index contributed by atoms with van der Waals surface area (Å²) in [6, 6.07) is 8.63. The standard InChI is InChI=1S/C17H21NO/c1-11-3-6-15(12(2)7-11)16(19)17(10-18)9-13-4-5-14(17)8-13/h3,6-7,13-14,16,19H,4-5,8-9H2,1-2H3. The smallest absolute Gasteiger partial charge is 0.0981 e. The van der Waals surface area contributed by atoms with Gasteiger partial charge < -0.3 is 5.11 Å². The van der Waals surface area contributed by atoms with Gasteiger partial charge in [-0.3, -0.25) is 0 Å². The van der Waals surface area contributed by atoms with Crippen LogP contribution in [-0.2, 0) is 0 Å². The minimum atomic E-state index is -0.631. The zero-order valence-electron chi connectivity index (χ0n) is 11.7. The van der Waals surface area contributed by atoms with Gasteiger partial charge in [-0.1, -0.05) is 30.2 Å². The molecule has 0 aliphatic heterocycles. The topological polar surface area (TPSA) is 44.0 Å². The van der Waals surface area contributed by atoms with E-state index in [4.69, 9.17) is 0 Å². The number of nitriles is 1. The molecule has 2 bridgehead atoms. The van der Waals surface area contributed by atoms with E-state index in [9.17, 15) is 10.4 Å². The molecule has 19 heavy (non-hydrogen) atoms. The molecule has 100 valence electrons. The fourth-order valence-corrected chi connectivity index (χ4v) is 4.32. The van der Waals surface area contributed by atoms with Gasteiger partial charge in [-0.2, -0.15) is 5.26 Å². The summed E-state index contributed by atoms with van der Waals surface area (Å²) in [5, 5.41) is 20.5. The fourth-order valence-electron chi connectivity index (χ4n) is 4.32. The molecule has 0 aromatic heterocycles. The second kappa shape index (κ2) is 4.35. The first-order valence-electron chi connectivity index (χ1n) is 7.23. The molecule has 0 heterocycles. The predicted molar refractivity (Wildman–Crippen MR) is 74.4 cm³/mol. The maximum absolute atomic E-state index is 10.8. The molecule has 1 aromatic rings. The number of hydrogen-bond acceptors (Lipinski definition) is 2. The molecule has 1 aromatic carbocycles. The van der Waals surface area contributed by atoms with Crippen LogP contribution in [0.2, 0.25) is 0 Å². The molecular formula is C17H21NO. The monoisotopic (exact) mass is 255 g/mol. The number of aryl methyl sites for hydroxylation is 2. The van der Waals surface area contributed by atoms with Crippen molar-refractivity contribution in [1.29, 1.82) is 5.26 Å². The van der Waals surface area contributed by atoms with Gasteiger partial charge in [0.05, 0.1) is 17.6 Å². The zero-order valence-corrected chi connectivity index (χ0v) is 11.7. The largest absolute Gasteiger partial charge is 0.387 e. The summed E-state index contributed by atoms with van der Waals surface area (Å²) in [4.78, 5) is 0. The highest BCUT2D eigenvalue weighted by Crippen LogP contribution is 2.60. The summed E-state index contributed by atoms with van der Waals surface area (Å²) in [6.07, 6.45) is 3.74. The number of aliphatic hydroxyl groups excluding tert-OH is 1. The van der Waals surface area contributed by atoms with Crippen molar-refractivity contribution >= 4 is 0 Å². The number of aliphatic hydroxyl groups is 1. The van der Waals surface area contributed by atoms with Crippen molar-refractivity contribution in [3.05, 3.63) is 34.9 Å². The van der Waals surface area contributed by atoms with E-state index in [1.54, 1.807) is 0 Å². The quantitative estimate of drug-likeness (QED) is 0.876. The third kappa shape index (κ3) is 1.80. The molecule has 0 saturated heterocycles. The molecule has 4 unspecified atom stereocenters. The lowest BCUT2D eigenvalue weighted by Crippen LogP contribution is -2.33. The molecule has 0 spiro atoms. The summed E-state index contributed by atoms with van der Waals surface area (Å²) in [7, 11) is 0. The second-order valence-corrected chi connectivity index (χ2v) is 6.49. The van der Waals surface area contributed by atoms with Crippen molar-refractivity contribution in [1.82, 2.24) is 0 Å². The van der Waals surface area contributed by atoms with Crippen LogP contribution in [0.1, 0.15) is 48.5 Å². The van der Waals surface area contributed by atoms with Gasteiger partial charge >= 0.3 is 0 Å². The summed E-state index contributed by atoms with van der Waals surface area (Å²) < 4.78 is 0. The van der Waals surface area contributed by atoms with E-state index in [1.807, 2.05) is 19.1 Å². The molecule has 2 fully saturated rings. The molecule has 2 nitrogen and oxygen atoms in total. The molecule has 0 amide bonds.